The summed E-state index contributed by atoms with van der Waals surface area (Å²) < 4.78 is 7.18. The van der Waals surface area contributed by atoms with E-state index in [0.717, 1.165) is 22.3 Å². The van der Waals surface area contributed by atoms with E-state index in [-0.39, 0.29) is 5.92 Å². The van der Waals surface area contributed by atoms with Gasteiger partial charge in [0.15, 0.2) is 0 Å². The molecule has 3 N–H and O–H groups in total. The quantitative estimate of drug-likeness (QED) is 0.518. The Labute approximate surface area is 166 Å². The molecule has 4 heterocycles. The molecule has 0 radical (unpaired) electrons. The predicted octanol–water partition coefficient (Wildman–Crippen LogP) is 3.59. The van der Waals surface area contributed by atoms with E-state index < -0.39 is 0 Å². The summed E-state index contributed by atoms with van der Waals surface area (Å²) in [4.78, 5) is 9.32. The number of nitrogens with zero attached hydrogens (tertiary/aromatic N) is 4. The number of fused-ring (bicyclic) bond motifs is 2. The van der Waals surface area contributed by atoms with Crippen molar-refractivity contribution < 1.29 is 4.74 Å². The molecule has 1 aliphatic heterocycles. The molecule has 0 spiro atoms. The number of benzene rings is 1. The molecule has 0 saturated carbocycles. The number of rotatable bonds is 3. The minimum Gasteiger partial charge on any atom is -0.495 e. The normalized spacial score (nSPS) is 15.4. The van der Waals surface area contributed by atoms with E-state index in [0.29, 0.717) is 34.5 Å². The van der Waals surface area contributed by atoms with Crippen molar-refractivity contribution in [3.8, 4) is 17.0 Å². The lowest BCUT2D eigenvalue weighted by Gasteiger charge is -2.13. The molecule has 1 aliphatic rings. The van der Waals surface area contributed by atoms with Gasteiger partial charge in [0.1, 0.15) is 11.6 Å². The fourth-order valence-electron chi connectivity index (χ4n) is 3.64. The molecule has 7 nitrogen and oxygen atoms in total. The van der Waals surface area contributed by atoms with Crippen LogP contribution < -0.4 is 15.8 Å². The molecule has 1 atom stereocenters. The number of aromatic nitrogens is 4. The minimum atomic E-state index is -0.0256. The number of ether oxygens (including phenoxy) is 1. The van der Waals surface area contributed by atoms with Gasteiger partial charge in [-0.05, 0) is 29.8 Å². The fraction of sp³-hybridized carbons (Fsp3) is 0.150. The van der Waals surface area contributed by atoms with E-state index in [1.807, 2.05) is 36.5 Å². The maximum Gasteiger partial charge on any atom is 0.142 e. The predicted molar refractivity (Wildman–Crippen MR) is 109 cm³/mol. The lowest BCUT2D eigenvalue weighted by Crippen LogP contribution is -2.09. The van der Waals surface area contributed by atoms with Crippen molar-refractivity contribution in [1.29, 1.82) is 0 Å². The summed E-state index contributed by atoms with van der Waals surface area (Å²) >= 11 is 6.45. The van der Waals surface area contributed by atoms with Gasteiger partial charge in [-0.3, -0.25) is 0 Å². The van der Waals surface area contributed by atoms with Crippen molar-refractivity contribution >= 4 is 28.5 Å². The second kappa shape index (κ2) is 6.38. The molecule has 0 bridgehead atoms. The monoisotopic (exact) mass is 392 g/mol. The van der Waals surface area contributed by atoms with Crippen LogP contribution in [0.5, 0.6) is 5.75 Å². The standard InChI is InChI=1S/C20H17ClN6O/c1-28-18-6-11-12(8-23-16(11)7-15(18)22)20-24-10-14(21)19(26-20)13-9-25-27-5-3-2-4-17(13)27/h2-7,9-10,12,23H,8,22H2,1H3. The molecule has 0 aliphatic carbocycles. The van der Waals surface area contributed by atoms with Crippen LogP contribution in [0.3, 0.4) is 0 Å². The third kappa shape index (κ3) is 2.55. The zero-order valence-corrected chi connectivity index (χ0v) is 15.8. The van der Waals surface area contributed by atoms with Crippen molar-refractivity contribution in [3.05, 3.63) is 65.3 Å². The first-order valence-electron chi connectivity index (χ1n) is 8.82. The summed E-state index contributed by atoms with van der Waals surface area (Å²) in [5, 5.41) is 8.25. The minimum absolute atomic E-state index is 0.0256. The Bertz CT molecular complexity index is 1200. The highest BCUT2D eigenvalue weighted by Gasteiger charge is 2.28. The number of methoxy groups -OCH3 is 1. The van der Waals surface area contributed by atoms with Crippen LogP contribution in [0.25, 0.3) is 16.8 Å². The number of anilines is 2. The molecular weight excluding hydrogens is 376 g/mol. The van der Waals surface area contributed by atoms with Crippen LogP contribution in [-0.2, 0) is 0 Å². The van der Waals surface area contributed by atoms with Crippen molar-refractivity contribution in [2.45, 2.75) is 5.92 Å². The van der Waals surface area contributed by atoms with Gasteiger partial charge < -0.3 is 15.8 Å². The van der Waals surface area contributed by atoms with Gasteiger partial charge in [-0.2, -0.15) is 5.10 Å². The maximum absolute atomic E-state index is 6.45. The first-order valence-corrected chi connectivity index (χ1v) is 9.20. The highest BCUT2D eigenvalue weighted by atomic mass is 35.5. The van der Waals surface area contributed by atoms with Crippen LogP contribution in [0.4, 0.5) is 11.4 Å². The van der Waals surface area contributed by atoms with Crippen LogP contribution in [-0.4, -0.2) is 33.2 Å². The Morgan fingerprint density at radius 2 is 2.18 bits per heavy atom. The number of halogens is 1. The van der Waals surface area contributed by atoms with Gasteiger partial charge in [0.25, 0.3) is 0 Å². The molecule has 28 heavy (non-hydrogen) atoms. The van der Waals surface area contributed by atoms with Gasteiger partial charge >= 0.3 is 0 Å². The summed E-state index contributed by atoms with van der Waals surface area (Å²) in [5.41, 5.74) is 11.1. The van der Waals surface area contributed by atoms with E-state index in [2.05, 4.69) is 15.4 Å². The highest BCUT2D eigenvalue weighted by molar-refractivity contribution is 6.33. The summed E-state index contributed by atoms with van der Waals surface area (Å²) in [6, 6.07) is 9.71. The van der Waals surface area contributed by atoms with Crippen LogP contribution >= 0.6 is 11.6 Å². The smallest absolute Gasteiger partial charge is 0.142 e. The average Bonchev–Trinajstić information content (AvgIpc) is 3.32. The summed E-state index contributed by atoms with van der Waals surface area (Å²) in [6.07, 6.45) is 5.32. The van der Waals surface area contributed by atoms with Gasteiger partial charge in [-0.15, -0.1) is 0 Å². The van der Waals surface area contributed by atoms with Gasteiger partial charge in [0.05, 0.1) is 41.1 Å². The topological polar surface area (TPSA) is 90.4 Å². The molecular formula is C20H17ClN6O. The summed E-state index contributed by atoms with van der Waals surface area (Å²) in [7, 11) is 1.61. The summed E-state index contributed by atoms with van der Waals surface area (Å²) in [6.45, 7) is 0.678. The van der Waals surface area contributed by atoms with Crippen molar-refractivity contribution in [2.75, 3.05) is 24.7 Å². The fourth-order valence-corrected chi connectivity index (χ4v) is 3.83. The van der Waals surface area contributed by atoms with Crippen LogP contribution in [0.1, 0.15) is 17.3 Å². The molecule has 1 aromatic carbocycles. The molecule has 4 aromatic rings. The number of nitrogen functional groups attached to an aromatic ring is 1. The molecule has 140 valence electrons. The van der Waals surface area contributed by atoms with Crippen LogP contribution in [0.2, 0.25) is 5.02 Å². The third-order valence-electron chi connectivity index (χ3n) is 5.03. The number of nitrogens with one attached hydrogen (secondary N) is 1. The molecule has 1 unspecified atom stereocenters. The second-order valence-corrected chi connectivity index (χ2v) is 7.04. The number of pyridine rings is 1. The van der Waals surface area contributed by atoms with Gasteiger partial charge in [-0.25, -0.2) is 14.5 Å². The second-order valence-electron chi connectivity index (χ2n) is 6.63. The lowest BCUT2D eigenvalue weighted by molar-refractivity contribution is 0.416. The van der Waals surface area contributed by atoms with E-state index in [9.17, 15) is 0 Å². The first-order chi connectivity index (χ1) is 13.7. The molecule has 3 aromatic heterocycles. The van der Waals surface area contributed by atoms with E-state index in [4.69, 9.17) is 27.1 Å². The van der Waals surface area contributed by atoms with Gasteiger partial charge in [-0.1, -0.05) is 17.7 Å². The zero-order chi connectivity index (χ0) is 19.3. The Kier molecular flexibility index (Phi) is 3.84. The van der Waals surface area contributed by atoms with Crippen LogP contribution in [0.15, 0.2) is 48.9 Å². The van der Waals surface area contributed by atoms with Crippen molar-refractivity contribution in [3.63, 3.8) is 0 Å². The Hall–Kier alpha value is -3.32. The first kappa shape index (κ1) is 16.8. The molecule has 8 heteroatoms. The van der Waals surface area contributed by atoms with Gasteiger partial charge in [0.2, 0.25) is 0 Å². The highest BCUT2D eigenvalue weighted by Crippen LogP contribution is 2.41. The number of hydrogen-bond donors (Lipinski definition) is 2. The third-order valence-corrected chi connectivity index (χ3v) is 5.31. The average molecular weight is 393 g/mol. The lowest BCUT2D eigenvalue weighted by atomic mass is 9.99. The Balaban J connectivity index is 1.62. The zero-order valence-electron chi connectivity index (χ0n) is 15.1. The maximum atomic E-state index is 6.45. The number of hydrogen-bond acceptors (Lipinski definition) is 6. The van der Waals surface area contributed by atoms with Gasteiger partial charge in [0, 0.05) is 30.2 Å². The van der Waals surface area contributed by atoms with E-state index in [1.165, 1.54) is 0 Å². The Morgan fingerprint density at radius 3 is 3.04 bits per heavy atom. The SMILES string of the molecule is COc1cc2c(cc1N)NCC2c1ncc(Cl)c(-c2cnn3ccccc23)n1. The Morgan fingerprint density at radius 1 is 1.29 bits per heavy atom. The number of nitrogens with two attached hydrogens (primary N) is 1. The molecule has 0 fully saturated rings. The van der Waals surface area contributed by atoms with E-state index >= 15 is 0 Å². The molecule has 0 saturated heterocycles. The van der Waals surface area contributed by atoms with E-state index in [1.54, 1.807) is 24.0 Å². The summed E-state index contributed by atoms with van der Waals surface area (Å²) in [5.74, 6) is 1.30. The van der Waals surface area contributed by atoms with Crippen LogP contribution in [0, 0.1) is 0 Å². The van der Waals surface area contributed by atoms with Crippen molar-refractivity contribution in [1.82, 2.24) is 19.6 Å². The molecule has 0 amide bonds. The van der Waals surface area contributed by atoms with Crippen molar-refractivity contribution in [2.24, 2.45) is 0 Å². The largest absolute Gasteiger partial charge is 0.495 e. The molecule has 5 rings (SSSR count).